The van der Waals surface area contributed by atoms with Gasteiger partial charge in [0.15, 0.2) is 28.1 Å². The minimum Gasteiger partial charge on any atom is -0.437 e. The molecule has 10 rings (SSSR count). The molecule has 4 aromatic carbocycles. The summed E-state index contributed by atoms with van der Waals surface area (Å²) in [4.78, 5) is 72.2. The van der Waals surface area contributed by atoms with Gasteiger partial charge in [-0.25, -0.2) is 29.9 Å². The molecule has 0 saturated heterocycles. The Hall–Kier alpha value is -9.59. The van der Waals surface area contributed by atoms with Gasteiger partial charge in [0.1, 0.15) is 34.5 Å². The van der Waals surface area contributed by atoms with Crippen LogP contribution in [0.3, 0.4) is 0 Å². The lowest BCUT2D eigenvalue weighted by Gasteiger charge is -2.20. The number of pyridine rings is 2. The highest BCUT2D eigenvalue weighted by Gasteiger charge is 2.27. The molecule has 0 fully saturated rings. The SMILES string of the molecule is O=C(C(/C=C/c1ccc([N+](=O)[O-])cc1)c1ccc(Oc2ncnc3c2ncn3Cc2ccc(Cl)nc2)cc1)C(/C=C/c1ccc([N+](=O)[O-])cc1)c1ccc(Oc2ncnc3c2ncn3Cc2ccc(Cl)nc2)cc1. The largest absolute Gasteiger partial charge is 0.437 e. The Kier molecular flexibility index (Phi) is 13.9. The zero-order chi connectivity index (χ0) is 51.1. The predicted molar refractivity (Wildman–Crippen MR) is 275 cm³/mol. The Morgan fingerprint density at radius 3 is 1.30 bits per heavy atom. The van der Waals surface area contributed by atoms with Gasteiger partial charge >= 0.3 is 0 Å². The first kappa shape index (κ1) is 48.1. The average Bonchev–Trinajstić information content (AvgIpc) is 4.03. The summed E-state index contributed by atoms with van der Waals surface area (Å²) in [5.41, 5.74) is 6.01. The van der Waals surface area contributed by atoms with Gasteiger partial charge in [0.25, 0.3) is 23.1 Å². The molecular formula is C53H36Cl2N12O7. The number of imidazole rings is 2. The van der Waals surface area contributed by atoms with Crippen LogP contribution >= 0.6 is 23.2 Å². The molecule has 0 bridgehead atoms. The number of nitrogens with zero attached hydrogens (tertiary/aromatic N) is 12. The second kappa shape index (κ2) is 21.4. The number of nitro benzene ring substituents is 2. The van der Waals surface area contributed by atoms with Crippen LogP contribution in [0, 0.1) is 20.2 Å². The first-order valence-corrected chi connectivity index (χ1v) is 23.2. The summed E-state index contributed by atoms with van der Waals surface area (Å²) >= 11 is 12.0. The lowest BCUT2D eigenvalue weighted by atomic mass is 9.82. The normalized spacial score (nSPS) is 12.4. The van der Waals surface area contributed by atoms with E-state index in [0.717, 1.165) is 11.1 Å². The van der Waals surface area contributed by atoms with Gasteiger partial charge in [-0.1, -0.05) is 83.9 Å². The van der Waals surface area contributed by atoms with E-state index in [0.29, 0.717) is 79.5 Å². The Morgan fingerprint density at radius 2 is 0.932 bits per heavy atom. The van der Waals surface area contributed by atoms with Crippen LogP contribution in [0.25, 0.3) is 34.5 Å². The minimum absolute atomic E-state index is 0.0773. The van der Waals surface area contributed by atoms with Crippen LogP contribution in [0.4, 0.5) is 11.4 Å². The number of hydrogen-bond donors (Lipinski definition) is 0. The van der Waals surface area contributed by atoms with Gasteiger partial charge in [0.05, 0.1) is 47.4 Å². The maximum atomic E-state index is 15.3. The fourth-order valence-electron chi connectivity index (χ4n) is 7.97. The van der Waals surface area contributed by atoms with Crippen molar-refractivity contribution in [1.82, 2.24) is 49.0 Å². The van der Waals surface area contributed by atoms with Crippen LogP contribution in [0.5, 0.6) is 23.3 Å². The Balaban J connectivity index is 0.957. The maximum Gasteiger partial charge on any atom is 0.269 e. The molecule has 19 nitrogen and oxygen atoms in total. The third-order valence-electron chi connectivity index (χ3n) is 11.7. The smallest absolute Gasteiger partial charge is 0.269 e. The molecule has 0 radical (unpaired) electrons. The number of aromatic nitrogens is 10. The van der Waals surface area contributed by atoms with E-state index in [-0.39, 0.29) is 28.9 Å². The molecule has 0 spiro atoms. The number of fused-ring (bicyclic) bond motifs is 2. The van der Waals surface area contributed by atoms with Gasteiger partial charge in [-0.15, -0.1) is 0 Å². The Labute approximate surface area is 429 Å². The zero-order valence-electron chi connectivity index (χ0n) is 38.4. The number of non-ortho nitro benzene ring substituents is 2. The first-order valence-electron chi connectivity index (χ1n) is 22.5. The lowest BCUT2D eigenvalue weighted by Crippen LogP contribution is -2.18. The average molecular weight is 1020 g/mol. The Bertz CT molecular complexity index is 3480. The molecule has 21 heteroatoms. The molecule has 10 aromatic rings. The number of benzene rings is 4. The standard InChI is InChI=1S/C53H36Cl2N12O7/c54-45-23-7-35(25-56-45)27-64-31-62-47-50(64)58-29-60-52(47)73-41-17-9-37(10-18-41)43(21-5-33-1-13-39(14-2-33)66(69)70)49(68)44(22-6-34-3-15-40(16-4-34)67(71)72)38-11-19-42(20-12-38)74-53-48-51(59-30-61-53)65(32-63-48)28-36-8-24-46(55)57-26-36/h1-26,29-32,43-44H,27-28H2/b21-5+,22-6+. The molecule has 6 aromatic heterocycles. The first-order chi connectivity index (χ1) is 36.0. The summed E-state index contributed by atoms with van der Waals surface area (Å²) in [7, 11) is 0. The van der Waals surface area contributed by atoms with Crippen molar-refractivity contribution >= 4 is 74.8 Å². The number of Topliss-reactive ketones (excluding diaryl/α,β-unsaturated/α-hetero) is 1. The van der Waals surface area contributed by atoms with E-state index in [2.05, 4.69) is 39.9 Å². The number of ether oxygens (including phenoxy) is 2. The molecule has 2 unspecified atom stereocenters. The number of nitro groups is 2. The van der Waals surface area contributed by atoms with E-state index in [1.54, 1.807) is 134 Å². The van der Waals surface area contributed by atoms with Gasteiger partial charge in [-0.2, -0.15) is 9.97 Å². The van der Waals surface area contributed by atoms with Crippen molar-refractivity contribution in [2.24, 2.45) is 0 Å². The number of rotatable bonds is 18. The fourth-order valence-corrected chi connectivity index (χ4v) is 8.19. The van der Waals surface area contributed by atoms with Crippen molar-refractivity contribution < 1.29 is 24.1 Å². The van der Waals surface area contributed by atoms with Crippen LogP contribution in [-0.4, -0.2) is 64.6 Å². The molecule has 0 aliphatic carbocycles. The van der Waals surface area contributed by atoms with Crippen LogP contribution in [0.1, 0.15) is 45.2 Å². The highest BCUT2D eigenvalue weighted by atomic mass is 35.5. The second-order valence-electron chi connectivity index (χ2n) is 16.5. The Morgan fingerprint density at radius 1 is 0.527 bits per heavy atom. The molecule has 0 aliphatic rings. The van der Waals surface area contributed by atoms with Crippen LogP contribution in [0.2, 0.25) is 10.3 Å². The van der Waals surface area contributed by atoms with Crippen LogP contribution < -0.4 is 9.47 Å². The van der Waals surface area contributed by atoms with Crippen molar-refractivity contribution in [3.63, 3.8) is 0 Å². The fraction of sp³-hybridized carbons (Fsp3) is 0.0755. The third kappa shape index (κ3) is 11.0. The van der Waals surface area contributed by atoms with Gasteiger partial charge in [0.2, 0.25) is 0 Å². The monoisotopic (exact) mass is 1020 g/mol. The minimum atomic E-state index is -0.890. The van der Waals surface area contributed by atoms with Gasteiger partial charge in [-0.3, -0.25) is 25.0 Å². The van der Waals surface area contributed by atoms with E-state index in [4.69, 9.17) is 32.7 Å². The van der Waals surface area contributed by atoms with Crippen molar-refractivity contribution in [2.45, 2.75) is 24.9 Å². The zero-order valence-corrected chi connectivity index (χ0v) is 39.9. The predicted octanol–water partition coefficient (Wildman–Crippen LogP) is 11.4. The number of ketones is 1. The van der Waals surface area contributed by atoms with Crippen LogP contribution in [-0.2, 0) is 17.9 Å². The van der Waals surface area contributed by atoms with Gasteiger partial charge < -0.3 is 18.6 Å². The van der Waals surface area contributed by atoms with Crippen molar-refractivity contribution in [3.8, 4) is 23.3 Å². The maximum absolute atomic E-state index is 15.3. The highest BCUT2D eigenvalue weighted by Crippen LogP contribution is 2.35. The quantitative estimate of drug-likeness (QED) is 0.0441. The van der Waals surface area contributed by atoms with Crippen molar-refractivity contribution in [1.29, 1.82) is 0 Å². The number of allylic oxidation sites excluding steroid dienone is 2. The van der Waals surface area contributed by atoms with E-state index < -0.39 is 21.7 Å². The molecule has 0 amide bonds. The molecule has 0 aliphatic heterocycles. The number of carbonyl (C=O) groups excluding carboxylic acids is 1. The molecule has 0 saturated carbocycles. The highest BCUT2D eigenvalue weighted by molar-refractivity contribution is 6.29. The van der Waals surface area contributed by atoms with E-state index in [1.165, 1.54) is 36.9 Å². The van der Waals surface area contributed by atoms with E-state index in [9.17, 15) is 20.2 Å². The molecular weight excluding hydrogens is 988 g/mol. The van der Waals surface area contributed by atoms with E-state index >= 15 is 4.79 Å². The lowest BCUT2D eigenvalue weighted by molar-refractivity contribution is -0.385. The molecule has 364 valence electrons. The van der Waals surface area contributed by atoms with Gasteiger partial charge in [-0.05, 0) is 94.0 Å². The summed E-state index contributed by atoms with van der Waals surface area (Å²) in [6.45, 7) is 0.864. The number of carbonyl (C=O) groups is 1. The van der Waals surface area contributed by atoms with Crippen LogP contribution in [0.15, 0.2) is 171 Å². The van der Waals surface area contributed by atoms with Crippen molar-refractivity contribution in [3.05, 3.63) is 235 Å². The summed E-state index contributed by atoms with van der Waals surface area (Å²) in [5, 5.41) is 23.7. The second-order valence-corrected chi connectivity index (χ2v) is 17.3. The van der Waals surface area contributed by atoms with E-state index in [1.807, 2.05) is 21.3 Å². The van der Waals surface area contributed by atoms with Gasteiger partial charge in [0, 0.05) is 36.7 Å². The summed E-state index contributed by atoms with van der Waals surface area (Å²) in [6.07, 6.45) is 16.3. The summed E-state index contributed by atoms with van der Waals surface area (Å²) in [6, 6.07) is 33.1. The summed E-state index contributed by atoms with van der Waals surface area (Å²) in [5.74, 6) is -0.772. The van der Waals surface area contributed by atoms with Crippen molar-refractivity contribution in [2.75, 3.05) is 0 Å². The molecule has 6 heterocycles. The molecule has 2 atom stereocenters. The number of hydrogen-bond acceptors (Lipinski definition) is 15. The third-order valence-corrected chi connectivity index (χ3v) is 12.2. The topological polar surface area (TPSA) is 235 Å². The summed E-state index contributed by atoms with van der Waals surface area (Å²) < 4.78 is 16.2. The number of halogens is 2. The molecule has 0 N–H and O–H groups in total. The molecule has 74 heavy (non-hydrogen) atoms.